The van der Waals surface area contributed by atoms with Crippen molar-refractivity contribution in [3.63, 3.8) is 0 Å². The highest BCUT2D eigenvalue weighted by molar-refractivity contribution is 5.76. The summed E-state index contributed by atoms with van der Waals surface area (Å²) in [6, 6.07) is 16.1. The van der Waals surface area contributed by atoms with Crippen molar-refractivity contribution >= 4 is 22.1 Å². The molecule has 0 unspecified atom stereocenters. The first-order valence-electron chi connectivity index (χ1n) is 7.72. The number of nitrogens with zero attached hydrogens (tertiary/aromatic N) is 3. The van der Waals surface area contributed by atoms with Gasteiger partial charge in [-0.25, -0.2) is 9.97 Å². The summed E-state index contributed by atoms with van der Waals surface area (Å²) in [6.07, 6.45) is 0. The van der Waals surface area contributed by atoms with Crippen LogP contribution in [0.5, 0.6) is 0 Å². The Morgan fingerprint density at radius 1 is 1.00 bits per heavy atom. The minimum absolute atomic E-state index is 0. The lowest BCUT2D eigenvalue weighted by Crippen LogP contribution is -2.10. The molecule has 4 aromatic rings. The summed E-state index contributed by atoms with van der Waals surface area (Å²) < 4.78 is 2.15. The van der Waals surface area contributed by atoms with Crippen LogP contribution in [0.2, 0.25) is 0 Å². The summed E-state index contributed by atoms with van der Waals surface area (Å²) in [5.41, 5.74) is 9.91. The number of aromatic nitrogens is 4. The Morgan fingerprint density at radius 2 is 1.70 bits per heavy atom. The van der Waals surface area contributed by atoms with Gasteiger partial charge in [0.1, 0.15) is 11.6 Å². The second-order valence-corrected chi connectivity index (χ2v) is 5.43. The fraction of sp³-hybridized carbons (Fsp3) is 0.222. The zero-order chi connectivity index (χ0) is 16.2. The molecular weight excluding hydrogens is 286 g/mol. The minimum Gasteiger partial charge on any atom is -0.342 e. The molecular formula is C18H23N5. The van der Waals surface area contributed by atoms with Crippen molar-refractivity contribution < 1.29 is 1.43 Å². The normalized spacial score (nSPS) is 10.7. The SMILES string of the molecule is Cc1nc2ccccc2[nH]1.Cc1nc2ccccc2n1CCN.[HH]. The van der Waals surface area contributed by atoms with Crippen LogP contribution >= 0.6 is 0 Å². The molecule has 23 heavy (non-hydrogen) atoms. The van der Waals surface area contributed by atoms with Crippen LogP contribution in [0.25, 0.3) is 22.1 Å². The van der Waals surface area contributed by atoms with E-state index in [0.717, 1.165) is 34.7 Å². The van der Waals surface area contributed by atoms with Gasteiger partial charge in [0.05, 0.1) is 22.1 Å². The van der Waals surface area contributed by atoms with Crippen LogP contribution < -0.4 is 5.73 Å². The summed E-state index contributed by atoms with van der Waals surface area (Å²) in [5, 5.41) is 0. The molecule has 2 heterocycles. The highest BCUT2D eigenvalue weighted by atomic mass is 15.1. The lowest BCUT2D eigenvalue weighted by Gasteiger charge is -2.03. The Labute approximate surface area is 136 Å². The number of nitrogens with one attached hydrogen (secondary N) is 1. The van der Waals surface area contributed by atoms with Crippen molar-refractivity contribution in [2.45, 2.75) is 20.4 Å². The van der Waals surface area contributed by atoms with Crippen LogP contribution in [0.3, 0.4) is 0 Å². The second-order valence-electron chi connectivity index (χ2n) is 5.43. The number of fused-ring (bicyclic) bond motifs is 2. The third-order valence-electron chi connectivity index (χ3n) is 3.71. The monoisotopic (exact) mass is 309 g/mol. The Kier molecular flexibility index (Phi) is 4.39. The Balaban J connectivity index is 0.000000172. The molecule has 0 saturated heterocycles. The summed E-state index contributed by atoms with van der Waals surface area (Å²) in [7, 11) is 0. The summed E-state index contributed by atoms with van der Waals surface area (Å²) in [4.78, 5) is 11.8. The molecule has 0 radical (unpaired) electrons. The van der Waals surface area contributed by atoms with Crippen molar-refractivity contribution in [2.75, 3.05) is 6.54 Å². The molecule has 5 heteroatoms. The lowest BCUT2D eigenvalue weighted by molar-refractivity contribution is 0.703. The fourth-order valence-electron chi connectivity index (χ4n) is 2.69. The zero-order valence-corrected chi connectivity index (χ0v) is 13.5. The maximum Gasteiger partial charge on any atom is 0.106 e. The van der Waals surface area contributed by atoms with Gasteiger partial charge in [0.2, 0.25) is 0 Å². The topological polar surface area (TPSA) is 72.5 Å². The first-order chi connectivity index (χ1) is 11.2. The molecule has 120 valence electrons. The lowest BCUT2D eigenvalue weighted by atomic mass is 10.3. The van der Waals surface area contributed by atoms with Crippen molar-refractivity contribution in [1.82, 2.24) is 19.5 Å². The number of nitrogens with two attached hydrogens (primary N) is 1. The van der Waals surface area contributed by atoms with Crippen molar-refractivity contribution in [1.29, 1.82) is 0 Å². The van der Waals surface area contributed by atoms with Crippen molar-refractivity contribution in [3.05, 3.63) is 60.2 Å². The first kappa shape index (κ1) is 15.2. The van der Waals surface area contributed by atoms with Gasteiger partial charge < -0.3 is 15.3 Å². The molecule has 0 aliphatic rings. The number of aryl methyl sites for hydroxylation is 2. The maximum absolute atomic E-state index is 5.53. The number of benzene rings is 2. The second kappa shape index (κ2) is 6.62. The zero-order valence-electron chi connectivity index (χ0n) is 13.5. The molecule has 2 aromatic carbocycles. The number of hydrogen-bond acceptors (Lipinski definition) is 3. The van der Waals surface area contributed by atoms with Gasteiger partial charge in [-0.05, 0) is 38.1 Å². The molecule has 2 aromatic heterocycles. The highest BCUT2D eigenvalue weighted by Gasteiger charge is 2.04. The van der Waals surface area contributed by atoms with E-state index in [1.807, 2.05) is 56.3 Å². The van der Waals surface area contributed by atoms with E-state index in [0.29, 0.717) is 6.54 Å². The summed E-state index contributed by atoms with van der Waals surface area (Å²) in [6.45, 7) is 5.46. The van der Waals surface area contributed by atoms with Crippen LogP contribution in [-0.4, -0.2) is 26.1 Å². The van der Waals surface area contributed by atoms with Crippen LogP contribution in [0.15, 0.2) is 48.5 Å². The van der Waals surface area contributed by atoms with Gasteiger partial charge in [0, 0.05) is 14.5 Å². The van der Waals surface area contributed by atoms with E-state index in [4.69, 9.17) is 5.73 Å². The highest BCUT2D eigenvalue weighted by Crippen LogP contribution is 2.14. The van der Waals surface area contributed by atoms with E-state index in [2.05, 4.69) is 25.6 Å². The molecule has 0 atom stereocenters. The van der Waals surface area contributed by atoms with Crippen LogP contribution in [0.1, 0.15) is 13.1 Å². The quantitative estimate of drug-likeness (QED) is 0.596. The third kappa shape index (κ3) is 3.24. The molecule has 0 aliphatic heterocycles. The average Bonchev–Trinajstić information content (AvgIpc) is 3.08. The van der Waals surface area contributed by atoms with Gasteiger partial charge in [-0.15, -0.1) is 0 Å². The molecule has 0 spiro atoms. The maximum atomic E-state index is 5.53. The predicted octanol–water partition coefficient (Wildman–Crippen LogP) is 3.42. The average molecular weight is 309 g/mol. The van der Waals surface area contributed by atoms with Crippen LogP contribution in [0, 0.1) is 13.8 Å². The number of hydrogen-bond donors (Lipinski definition) is 2. The van der Waals surface area contributed by atoms with E-state index < -0.39 is 0 Å². The molecule has 5 nitrogen and oxygen atoms in total. The molecule has 3 N–H and O–H groups in total. The van der Waals surface area contributed by atoms with Crippen LogP contribution in [0.4, 0.5) is 0 Å². The Hall–Kier alpha value is -2.66. The van der Waals surface area contributed by atoms with Gasteiger partial charge in [-0.2, -0.15) is 0 Å². The number of para-hydroxylation sites is 4. The van der Waals surface area contributed by atoms with E-state index in [9.17, 15) is 0 Å². The van der Waals surface area contributed by atoms with Gasteiger partial charge in [-0.3, -0.25) is 0 Å². The molecule has 0 saturated carbocycles. The first-order valence-corrected chi connectivity index (χ1v) is 7.72. The summed E-state index contributed by atoms with van der Waals surface area (Å²) >= 11 is 0. The van der Waals surface area contributed by atoms with Gasteiger partial charge in [0.15, 0.2) is 0 Å². The standard InChI is InChI=1S/C10H13N3.C8H8N2.H2/c1-8-12-9-4-2-3-5-10(9)13(8)7-6-11;1-6-9-7-4-2-3-5-8(7)10-6;/h2-5H,6-7,11H2,1H3;2-5H,1H3,(H,9,10);1H. The Morgan fingerprint density at radius 3 is 2.43 bits per heavy atom. The van der Waals surface area contributed by atoms with E-state index in [-0.39, 0.29) is 1.43 Å². The Bertz CT molecular complexity index is 892. The third-order valence-corrected chi connectivity index (χ3v) is 3.71. The minimum atomic E-state index is 0. The number of H-pyrrole nitrogens is 1. The number of rotatable bonds is 2. The van der Waals surface area contributed by atoms with E-state index >= 15 is 0 Å². The van der Waals surface area contributed by atoms with E-state index in [1.165, 1.54) is 5.52 Å². The summed E-state index contributed by atoms with van der Waals surface area (Å²) in [5.74, 6) is 2.01. The predicted molar refractivity (Wildman–Crippen MR) is 96.5 cm³/mol. The largest absolute Gasteiger partial charge is 0.342 e. The fourth-order valence-corrected chi connectivity index (χ4v) is 2.69. The van der Waals surface area contributed by atoms with Crippen molar-refractivity contribution in [3.8, 4) is 0 Å². The van der Waals surface area contributed by atoms with Crippen molar-refractivity contribution in [2.24, 2.45) is 5.73 Å². The molecule has 0 bridgehead atoms. The number of imidazole rings is 2. The van der Waals surface area contributed by atoms with Gasteiger partial charge >= 0.3 is 0 Å². The molecule has 0 amide bonds. The van der Waals surface area contributed by atoms with Gasteiger partial charge in [0.25, 0.3) is 0 Å². The van der Waals surface area contributed by atoms with E-state index in [1.54, 1.807) is 0 Å². The molecule has 0 fully saturated rings. The smallest absolute Gasteiger partial charge is 0.106 e. The molecule has 0 aliphatic carbocycles. The molecule has 4 rings (SSSR count). The van der Waals surface area contributed by atoms with Gasteiger partial charge in [-0.1, -0.05) is 24.3 Å². The number of aromatic amines is 1. The van der Waals surface area contributed by atoms with Crippen LogP contribution in [-0.2, 0) is 6.54 Å².